The number of halogens is 1. The zero-order valence-corrected chi connectivity index (χ0v) is 17.9. The molecule has 0 bridgehead atoms. The normalized spacial score (nSPS) is 23.1. The van der Waals surface area contributed by atoms with Crippen LogP contribution in [0, 0.1) is 5.92 Å². The largest absolute Gasteiger partial charge is 0.481 e. The van der Waals surface area contributed by atoms with Crippen molar-refractivity contribution in [1.82, 2.24) is 10.6 Å². The molecule has 30 heavy (non-hydrogen) atoms. The molecule has 1 saturated carbocycles. The smallest absolute Gasteiger partial charge is 0.314 e. The number of rotatable bonds is 7. The SMILES string of the molecule is Cl.O=C(O)CC[C@H]1CC[C@H](NC(=O)c2ccc(C3(C(=O)O)CCNCC3)cc2)CC1. The summed E-state index contributed by atoms with van der Waals surface area (Å²) in [5.74, 6) is -1.27. The topological polar surface area (TPSA) is 116 Å². The number of hydrogen-bond acceptors (Lipinski definition) is 4. The average Bonchev–Trinajstić information content (AvgIpc) is 2.73. The molecular weight excluding hydrogens is 408 g/mol. The van der Waals surface area contributed by atoms with Crippen molar-refractivity contribution in [3.05, 3.63) is 35.4 Å². The van der Waals surface area contributed by atoms with Gasteiger partial charge in [0.05, 0.1) is 5.41 Å². The van der Waals surface area contributed by atoms with Gasteiger partial charge in [-0.05, 0) is 81.6 Å². The Morgan fingerprint density at radius 2 is 1.60 bits per heavy atom. The summed E-state index contributed by atoms with van der Waals surface area (Å²) in [5.41, 5.74) is 0.410. The van der Waals surface area contributed by atoms with Gasteiger partial charge >= 0.3 is 11.9 Å². The molecule has 0 aromatic heterocycles. The highest BCUT2D eigenvalue weighted by atomic mass is 35.5. The molecule has 1 aromatic carbocycles. The molecule has 7 nitrogen and oxygen atoms in total. The van der Waals surface area contributed by atoms with E-state index < -0.39 is 17.4 Å². The Bertz CT molecular complexity index is 738. The maximum absolute atomic E-state index is 12.6. The Morgan fingerprint density at radius 1 is 1.00 bits per heavy atom. The summed E-state index contributed by atoms with van der Waals surface area (Å²) in [5, 5.41) is 24.9. The molecule has 8 heteroatoms. The lowest BCUT2D eigenvalue weighted by atomic mass is 9.73. The highest BCUT2D eigenvalue weighted by Gasteiger charge is 2.41. The van der Waals surface area contributed by atoms with Crippen LogP contribution in [0.3, 0.4) is 0 Å². The number of amides is 1. The molecule has 1 aliphatic carbocycles. The number of carboxylic acids is 2. The lowest BCUT2D eigenvalue weighted by Crippen LogP contribution is -2.45. The van der Waals surface area contributed by atoms with Gasteiger partial charge in [-0.2, -0.15) is 0 Å². The van der Waals surface area contributed by atoms with Crippen LogP contribution in [-0.2, 0) is 15.0 Å². The van der Waals surface area contributed by atoms with Gasteiger partial charge in [0.15, 0.2) is 0 Å². The van der Waals surface area contributed by atoms with E-state index in [0.29, 0.717) is 43.8 Å². The molecule has 0 radical (unpaired) electrons. The van der Waals surface area contributed by atoms with Crippen LogP contribution in [0.2, 0.25) is 0 Å². The fourth-order valence-electron chi connectivity index (χ4n) is 4.61. The Morgan fingerprint density at radius 3 is 2.13 bits per heavy atom. The van der Waals surface area contributed by atoms with Gasteiger partial charge in [0, 0.05) is 18.0 Å². The van der Waals surface area contributed by atoms with Crippen LogP contribution < -0.4 is 10.6 Å². The van der Waals surface area contributed by atoms with Gasteiger partial charge < -0.3 is 20.8 Å². The Labute approximate surface area is 183 Å². The first-order valence-electron chi connectivity index (χ1n) is 10.5. The van der Waals surface area contributed by atoms with E-state index in [-0.39, 0.29) is 30.8 Å². The second-order valence-corrected chi connectivity index (χ2v) is 8.34. The van der Waals surface area contributed by atoms with Crippen molar-refractivity contribution in [2.45, 2.75) is 62.8 Å². The summed E-state index contributed by atoms with van der Waals surface area (Å²) in [4.78, 5) is 35.2. The first kappa shape index (κ1) is 24.2. The summed E-state index contributed by atoms with van der Waals surface area (Å²) in [6.45, 7) is 1.34. The van der Waals surface area contributed by atoms with E-state index in [9.17, 15) is 19.5 Å². The van der Waals surface area contributed by atoms with E-state index >= 15 is 0 Å². The molecule has 3 rings (SSSR count). The second-order valence-electron chi connectivity index (χ2n) is 8.34. The van der Waals surface area contributed by atoms with E-state index in [1.165, 1.54) is 0 Å². The first-order valence-corrected chi connectivity index (χ1v) is 10.5. The molecule has 1 amide bonds. The van der Waals surface area contributed by atoms with Gasteiger partial charge in [-0.25, -0.2) is 0 Å². The summed E-state index contributed by atoms with van der Waals surface area (Å²) < 4.78 is 0. The molecular formula is C22H31ClN2O5. The number of carbonyl (C=O) groups is 3. The lowest BCUT2D eigenvalue weighted by molar-refractivity contribution is -0.145. The molecule has 1 aromatic rings. The number of nitrogens with one attached hydrogen (secondary N) is 2. The molecule has 1 heterocycles. The quantitative estimate of drug-likeness (QED) is 0.520. The maximum atomic E-state index is 12.6. The van der Waals surface area contributed by atoms with E-state index in [1.807, 2.05) is 0 Å². The van der Waals surface area contributed by atoms with Gasteiger partial charge in [-0.1, -0.05) is 12.1 Å². The number of benzene rings is 1. The van der Waals surface area contributed by atoms with Gasteiger partial charge in [0.25, 0.3) is 5.91 Å². The minimum absolute atomic E-state index is 0. The maximum Gasteiger partial charge on any atom is 0.314 e. The molecule has 1 saturated heterocycles. The third kappa shape index (κ3) is 5.73. The lowest BCUT2D eigenvalue weighted by Gasteiger charge is -2.34. The number of carboxylic acid groups (broad SMARTS) is 2. The Balaban J connectivity index is 0.00000320. The monoisotopic (exact) mass is 438 g/mol. The van der Waals surface area contributed by atoms with E-state index in [0.717, 1.165) is 31.2 Å². The van der Waals surface area contributed by atoms with Crippen molar-refractivity contribution < 1.29 is 24.6 Å². The van der Waals surface area contributed by atoms with Crippen LogP contribution >= 0.6 is 12.4 Å². The van der Waals surface area contributed by atoms with E-state index in [1.54, 1.807) is 24.3 Å². The van der Waals surface area contributed by atoms with Gasteiger partial charge in [-0.15, -0.1) is 12.4 Å². The van der Waals surface area contributed by atoms with Gasteiger partial charge in [-0.3, -0.25) is 14.4 Å². The highest BCUT2D eigenvalue weighted by molar-refractivity contribution is 5.94. The van der Waals surface area contributed by atoms with Crippen molar-refractivity contribution >= 4 is 30.3 Å². The van der Waals surface area contributed by atoms with Crippen LogP contribution in [0.1, 0.15) is 67.3 Å². The fourth-order valence-corrected chi connectivity index (χ4v) is 4.61. The summed E-state index contributed by atoms with van der Waals surface area (Å²) >= 11 is 0. The third-order valence-corrected chi connectivity index (χ3v) is 6.51. The fraction of sp³-hybridized carbons (Fsp3) is 0.591. The van der Waals surface area contributed by atoms with Crippen molar-refractivity contribution in [1.29, 1.82) is 0 Å². The predicted octanol–water partition coefficient (Wildman–Crippen LogP) is 2.97. The molecule has 4 N–H and O–H groups in total. The van der Waals surface area contributed by atoms with Gasteiger partial charge in [0.2, 0.25) is 0 Å². The Hall–Kier alpha value is -2.12. The predicted molar refractivity (Wildman–Crippen MR) is 115 cm³/mol. The number of piperidine rings is 1. The standard InChI is InChI=1S/C22H30N2O5.ClH/c25-19(26)10-3-15-1-8-18(9-2-15)24-20(27)16-4-6-17(7-5-16)22(21(28)29)11-13-23-14-12-22;/h4-7,15,18,23H,1-3,8-14H2,(H,24,27)(H,25,26)(H,28,29);1H/t15-,18-;. The molecule has 0 unspecified atom stereocenters. The van der Waals surface area contributed by atoms with Crippen molar-refractivity contribution in [3.63, 3.8) is 0 Å². The summed E-state index contributed by atoms with van der Waals surface area (Å²) in [6, 6.07) is 7.10. The number of hydrogen-bond donors (Lipinski definition) is 4. The van der Waals surface area contributed by atoms with Gasteiger partial charge in [0.1, 0.15) is 0 Å². The summed E-state index contributed by atoms with van der Waals surface area (Å²) in [6.07, 6.45) is 5.60. The third-order valence-electron chi connectivity index (χ3n) is 6.51. The molecule has 166 valence electrons. The zero-order valence-electron chi connectivity index (χ0n) is 17.1. The average molecular weight is 439 g/mol. The molecule has 2 fully saturated rings. The molecule has 1 aliphatic heterocycles. The zero-order chi connectivity index (χ0) is 20.9. The molecule has 2 aliphatic rings. The minimum Gasteiger partial charge on any atom is -0.481 e. The number of carbonyl (C=O) groups excluding carboxylic acids is 1. The summed E-state index contributed by atoms with van der Waals surface area (Å²) in [7, 11) is 0. The molecule has 0 spiro atoms. The van der Waals surface area contributed by atoms with E-state index in [2.05, 4.69) is 10.6 Å². The number of aliphatic carboxylic acids is 2. The van der Waals surface area contributed by atoms with E-state index in [4.69, 9.17) is 5.11 Å². The molecule has 0 atom stereocenters. The second kappa shape index (κ2) is 10.8. The van der Waals surface area contributed by atoms with Crippen LogP contribution in [-0.4, -0.2) is 47.2 Å². The van der Waals surface area contributed by atoms with Crippen molar-refractivity contribution in [2.75, 3.05) is 13.1 Å². The van der Waals surface area contributed by atoms with Crippen molar-refractivity contribution in [2.24, 2.45) is 5.92 Å². The van der Waals surface area contributed by atoms with Crippen LogP contribution in [0.15, 0.2) is 24.3 Å². The van der Waals surface area contributed by atoms with Crippen LogP contribution in [0.4, 0.5) is 0 Å². The highest BCUT2D eigenvalue weighted by Crippen LogP contribution is 2.34. The van der Waals surface area contributed by atoms with Crippen molar-refractivity contribution in [3.8, 4) is 0 Å². The first-order chi connectivity index (χ1) is 13.9. The van der Waals surface area contributed by atoms with Crippen LogP contribution in [0.5, 0.6) is 0 Å². The van der Waals surface area contributed by atoms with Crippen LogP contribution in [0.25, 0.3) is 0 Å². The minimum atomic E-state index is -0.880. The Kier molecular flexibility index (Phi) is 8.67.